The molecule has 1 rings (SSSR count). The molecule has 0 fully saturated rings. The molecule has 0 saturated carbocycles. The van der Waals surface area contributed by atoms with E-state index in [0.29, 0.717) is 0 Å². The number of hydrogen-bond donors (Lipinski definition) is 1. The summed E-state index contributed by atoms with van der Waals surface area (Å²) in [4.78, 5) is 3.88. The van der Waals surface area contributed by atoms with Crippen molar-refractivity contribution >= 4 is 0 Å². The van der Waals surface area contributed by atoms with Gasteiger partial charge in [0.2, 0.25) is 0 Å². The van der Waals surface area contributed by atoms with Crippen LogP contribution in [0.2, 0.25) is 0 Å². The van der Waals surface area contributed by atoms with Crippen molar-refractivity contribution in [2.75, 3.05) is 6.54 Å². The van der Waals surface area contributed by atoms with Gasteiger partial charge in [-0.1, -0.05) is 13.8 Å². The molecule has 0 aliphatic rings. The molecular weight excluding hydrogens is 164 g/mol. The summed E-state index contributed by atoms with van der Waals surface area (Å²) in [6.45, 7) is 6.05. The second kappa shape index (κ2) is 4.37. The van der Waals surface area contributed by atoms with E-state index in [1.54, 1.807) is 12.7 Å². The fourth-order valence-electron chi connectivity index (χ4n) is 1.17. The number of hydrogen-bond acceptors (Lipinski definition) is 3. The van der Waals surface area contributed by atoms with Crippen LogP contribution in [0.5, 0.6) is 0 Å². The minimum atomic E-state index is 0.251. The average Bonchev–Trinajstić information content (AvgIpc) is 2.57. The number of nitrogens with zero attached hydrogens (tertiary/aromatic N) is 3. The Morgan fingerprint density at radius 2 is 2.23 bits per heavy atom. The lowest BCUT2D eigenvalue weighted by atomic mass is 9.88. The van der Waals surface area contributed by atoms with Gasteiger partial charge in [0.05, 0.1) is 0 Å². The van der Waals surface area contributed by atoms with Gasteiger partial charge in [-0.2, -0.15) is 5.10 Å². The van der Waals surface area contributed by atoms with E-state index in [0.717, 1.165) is 25.9 Å². The van der Waals surface area contributed by atoms with Crippen molar-refractivity contribution in [3.8, 4) is 0 Å². The molecule has 13 heavy (non-hydrogen) atoms. The molecule has 2 N–H and O–H groups in total. The Balaban J connectivity index is 2.21. The topological polar surface area (TPSA) is 56.7 Å². The molecule has 4 nitrogen and oxygen atoms in total. The second-order valence-corrected chi connectivity index (χ2v) is 4.13. The van der Waals surface area contributed by atoms with Crippen LogP contribution in [0.4, 0.5) is 0 Å². The van der Waals surface area contributed by atoms with Gasteiger partial charge >= 0.3 is 0 Å². The highest BCUT2D eigenvalue weighted by atomic mass is 15.3. The predicted molar refractivity (Wildman–Crippen MR) is 52.1 cm³/mol. The maximum Gasteiger partial charge on any atom is 0.137 e. The zero-order valence-electron chi connectivity index (χ0n) is 8.40. The van der Waals surface area contributed by atoms with E-state index in [1.807, 2.05) is 4.68 Å². The molecule has 0 radical (unpaired) electrons. The first kappa shape index (κ1) is 10.2. The number of nitrogens with two attached hydrogens (primary N) is 1. The lowest BCUT2D eigenvalue weighted by Crippen LogP contribution is -2.23. The monoisotopic (exact) mass is 182 g/mol. The van der Waals surface area contributed by atoms with E-state index in [1.165, 1.54) is 0 Å². The Kier molecular flexibility index (Phi) is 3.42. The number of aryl methyl sites for hydroxylation is 1. The summed E-state index contributed by atoms with van der Waals surface area (Å²) in [5.74, 6) is 0. The van der Waals surface area contributed by atoms with Gasteiger partial charge in [0.15, 0.2) is 0 Å². The highest BCUT2D eigenvalue weighted by molar-refractivity contribution is 4.69. The van der Waals surface area contributed by atoms with Crippen LogP contribution in [-0.4, -0.2) is 21.3 Å². The van der Waals surface area contributed by atoms with Gasteiger partial charge in [0.25, 0.3) is 0 Å². The van der Waals surface area contributed by atoms with Crippen LogP contribution in [0, 0.1) is 5.41 Å². The van der Waals surface area contributed by atoms with E-state index < -0.39 is 0 Å². The third-order valence-electron chi connectivity index (χ3n) is 2.26. The van der Waals surface area contributed by atoms with E-state index >= 15 is 0 Å². The lowest BCUT2D eigenvalue weighted by Gasteiger charge is -2.21. The molecule has 0 bridgehead atoms. The highest BCUT2D eigenvalue weighted by Crippen LogP contribution is 2.20. The molecule has 0 aliphatic carbocycles. The van der Waals surface area contributed by atoms with Crippen molar-refractivity contribution in [1.82, 2.24) is 14.8 Å². The zero-order valence-corrected chi connectivity index (χ0v) is 8.40. The molecule has 0 aromatic carbocycles. The summed E-state index contributed by atoms with van der Waals surface area (Å²) in [5, 5.41) is 4.04. The minimum Gasteiger partial charge on any atom is -0.330 e. The van der Waals surface area contributed by atoms with Crippen LogP contribution < -0.4 is 5.73 Å². The van der Waals surface area contributed by atoms with E-state index in [-0.39, 0.29) is 5.41 Å². The number of aromatic nitrogens is 3. The quantitative estimate of drug-likeness (QED) is 0.740. The molecule has 74 valence electrons. The molecule has 0 unspecified atom stereocenters. The van der Waals surface area contributed by atoms with Crippen molar-refractivity contribution in [1.29, 1.82) is 0 Å². The maximum atomic E-state index is 5.63. The number of rotatable bonds is 5. The van der Waals surface area contributed by atoms with Crippen LogP contribution in [-0.2, 0) is 6.54 Å². The molecular formula is C9H18N4. The summed E-state index contributed by atoms with van der Waals surface area (Å²) in [7, 11) is 0. The highest BCUT2D eigenvalue weighted by Gasteiger charge is 2.14. The summed E-state index contributed by atoms with van der Waals surface area (Å²) >= 11 is 0. The lowest BCUT2D eigenvalue weighted by molar-refractivity contribution is 0.324. The van der Waals surface area contributed by atoms with Gasteiger partial charge in [-0.15, -0.1) is 0 Å². The Bertz CT molecular complexity index is 228. The van der Waals surface area contributed by atoms with Crippen LogP contribution in [0.3, 0.4) is 0 Å². The SMILES string of the molecule is CC(C)(CN)CCCn1cncn1. The van der Waals surface area contributed by atoms with Crippen molar-refractivity contribution in [3.63, 3.8) is 0 Å². The molecule has 0 atom stereocenters. The van der Waals surface area contributed by atoms with Crippen LogP contribution in [0.1, 0.15) is 26.7 Å². The van der Waals surface area contributed by atoms with Gasteiger partial charge < -0.3 is 5.73 Å². The summed E-state index contributed by atoms with van der Waals surface area (Å²) in [6.07, 6.45) is 5.54. The van der Waals surface area contributed by atoms with Crippen molar-refractivity contribution in [2.24, 2.45) is 11.1 Å². The fraction of sp³-hybridized carbons (Fsp3) is 0.778. The molecule has 0 amide bonds. The summed E-state index contributed by atoms with van der Waals surface area (Å²) < 4.78 is 1.85. The van der Waals surface area contributed by atoms with E-state index in [4.69, 9.17) is 5.73 Å². The largest absolute Gasteiger partial charge is 0.330 e. The minimum absolute atomic E-state index is 0.251. The summed E-state index contributed by atoms with van der Waals surface area (Å²) in [6, 6.07) is 0. The van der Waals surface area contributed by atoms with Gasteiger partial charge in [-0.25, -0.2) is 4.98 Å². The van der Waals surface area contributed by atoms with Crippen molar-refractivity contribution < 1.29 is 0 Å². The standard InChI is InChI=1S/C9H18N4/c1-9(2,6-10)4-3-5-13-8-11-7-12-13/h7-8H,3-6,10H2,1-2H3. The maximum absolute atomic E-state index is 5.63. The van der Waals surface area contributed by atoms with Crippen LogP contribution >= 0.6 is 0 Å². The zero-order chi connectivity index (χ0) is 9.73. The van der Waals surface area contributed by atoms with Crippen molar-refractivity contribution in [2.45, 2.75) is 33.2 Å². The molecule has 1 heterocycles. The third kappa shape index (κ3) is 3.55. The third-order valence-corrected chi connectivity index (χ3v) is 2.26. The van der Waals surface area contributed by atoms with Crippen molar-refractivity contribution in [3.05, 3.63) is 12.7 Å². The molecule has 0 spiro atoms. The predicted octanol–water partition coefficient (Wildman–Crippen LogP) is 1.04. The van der Waals surface area contributed by atoms with Crippen LogP contribution in [0.15, 0.2) is 12.7 Å². The Hall–Kier alpha value is -0.900. The average molecular weight is 182 g/mol. The van der Waals surface area contributed by atoms with Gasteiger partial charge in [-0.05, 0) is 24.8 Å². The summed E-state index contributed by atoms with van der Waals surface area (Å²) in [5.41, 5.74) is 5.88. The van der Waals surface area contributed by atoms with Gasteiger partial charge in [0, 0.05) is 6.54 Å². The van der Waals surface area contributed by atoms with E-state index in [2.05, 4.69) is 23.9 Å². The Morgan fingerprint density at radius 3 is 2.77 bits per heavy atom. The van der Waals surface area contributed by atoms with Gasteiger partial charge in [-0.3, -0.25) is 4.68 Å². The molecule has 0 saturated heterocycles. The second-order valence-electron chi connectivity index (χ2n) is 4.13. The Labute approximate surface area is 79.2 Å². The molecule has 4 heteroatoms. The molecule has 1 aromatic heterocycles. The smallest absolute Gasteiger partial charge is 0.137 e. The first-order chi connectivity index (χ1) is 6.14. The fourth-order valence-corrected chi connectivity index (χ4v) is 1.17. The van der Waals surface area contributed by atoms with E-state index in [9.17, 15) is 0 Å². The molecule has 1 aromatic rings. The normalized spacial score (nSPS) is 11.9. The first-order valence-corrected chi connectivity index (χ1v) is 4.66. The Morgan fingerprint density at radius 1 is 1.46 bits per heavy atom. The van der Waals surface area contributed by atoms with Crippen LogP contribution in [0.25, 0.3) is 0 Å². The first-order valence-electron chi connectivity index (χ1n) is 4.66. The molecule has 0 aliphatic heterocycles. The van der Waals surface area contributed by atoms with Gasteiger partial charge in [0.1, 0.15) is 12.7 Å².